The number of ether oxygens (including phenoxy) is 1. The van der Waals surface area contributed by atoms with Crippen molar-refractivity contribution in [2.75, 3.05) is 40.3 Å². The zero-order valence-corrected chi connectivity index (χ0v) is 20.7. The molecule has 1 fully saturated rings. The topological polar surface area (TPSA) is 65.5 Å². The van der Waals surface area contributed by atoms with Crippen molar-refractivity contribution in [2.24, 2.45) is 4.99 Å². The molecule has 7 nitrogen and oxygen atoms in total. The van der Waals surface area contributed by atoms with Gasteiger partial charge in [0.15, 0.2) is 5.17 Å². The van der Waals surface area contributed by atoms with E-state index in [-0.39, 0.29) is 24.3 Å². The molecule has 0 aromatic heterocycles. The molecule has 0 unspecified atom stereocenters. The first-order valence-corrected chi connectivity index (χ1v) is 12.4. The highest BCUT2D eigenvalue weighted by atomic mass is 32.2. The fraction of sp³-hybridized carbons (Fsp3) is 0.480. The highest BCUT2D eigenvalue weighted by Gasteiger charge is 2.41. The van der Waals surface area contributed by atoms with Crippen molar-refractivity contribution < 1.29 is 14.3 Å². The van der Waals surface area contributed by atoms with Crippen LogP contribution in [-0.2, 0) is 14.3 Å². The van der Waals surface area contributed by atoms with Crippen LogP contribution in [0.15, 0.2) is 51.6 Å². The standard InChI is InChI=1S/C25H32N4O3S/c1-5-20-22(24(31)32-4)23(18-9-6-8-17(2)14-18)29-19(16-33-25(29)26-20)15-21(30)28-11-7-10-27(3)12-13-28/h6,8-9,14,16,23H,5,7,10-13,15H2,1-4H3/t23-/m0/s1. The monoisotopic (exact) mass is 468 g/mol. The highest BCUT2D eigenvalue weighted by Crippen LogP contribution is 2.45. The molecule has 1 aromatic carbocycles. The molecule has 1 amide bonds. The maximum Gasteiger partial charge on any atom is 0.338 e. The van der Waals surface area contributed by atoms with Crippen molar-refractivity contribution in [1.29, 1.82) is 0 Å². The number of aliphatic imine (C=N–C) groups is 1. The van der Waals surface area contributed by atoms with E-state index in [0.29, 0.717) is 12.0 Å². The number of allylic oxidation sites excluding steroid dienone is 1. The van der Waals surface area contributed by atoms with Crippen LogP contribution in [0.1, 0.15) is 43.4 Å². The van der Waals surface area contributed by atoms with Crippen LogP contribution >= 0.6 is 11.8 Å². The van der Waals surface area contributed by atoms with Crippen molar-refractivity contribution in [3.63, 3.8) is 0 Å². The van der Waals surface area contributed by atoms with Gasteiger partial charge in [0.05, 0.1) is 30.8 Å². The summed E-state index contributed by atoms with van der Waals surface area (Å²) in [5.41, 5.74) is 4.27. The third-order valence-electron chi connectivity index (χ3n) is 6.39. The molecule has 3 heterocycles. The van der Waals surface area contributed by atoms with E-state index < -0.39 is 0 Å². The predicted octanol–water partition coefficient (Wildman–Crippen LogP) is 3.69. The Balaban J connectivity index is 1.68. The molecule has 1 aromatic rings. The van der Waals surface area contributed by atoms with E-state index in [9.17, 15) is 9.59 Å². The summed E-state index contributed by atoms with van der Waals surface area (Å²) in [4.78, 5) is 37.3. The molecule has 0 bridgehead atoms. The largest absolute Gasteiger partial charge is 0.466 e. The van der Waals surface area contributed by atoms with Gasteiger partial charge in [-0.2, -0.15) is 0 Å². The van der Waals surface area contributed by atoms with E-state index in [4.69, 9.17) is 9.73 Å². The maximum atomic E-state index is 13.3. The van der Waals surface area contributed by atoms with Crippen molar-refractivity contribution >= 4 is 28.8 Å². The fourth-order valence-corrected chi connectivity index (χ4v) is 5.57. The third kappa shape index (κ3) is 4.87. The molecule has 8 heteroatoms. The first-order valence-electron chi connectivity index (χ1n) is 11.5. The molecule has 0 N–H and O–H groups in total. The van der Waals surface area contributed by atoms with Gasteiger partial charge in [0.1, 0.15) is 0 Å². The van der Waals surface area contributed by atoms with Crippen LogP contribution < -0.4 is 0 Å². The number of amidine groups is 1. The predicted molar refractivity (Wildman–Crippen MR) is 132 cm³/mol. The molecule has 4 rings (SSSR count). The van der Waals surface area contributed by atoms with E-state index in [0.717, 1.165) is 60.3 Å². The summed E-state index contributed by atoms with van der Waals surface area (Å²) in [5.74, 6) is -0.259. The van der Waals surface area contributed by atoms with Gasteiger partial charge in [-0.05, 0) is 44.3 Å². The molecule has 3 aliphatic rings. The number of rotatable bonds is 5. The summed E-state index contributed by atoms with van der Waals surface area (Å²) < 4.78 is 5.19. The van der Waals surface area contributed by atoms with Crippen LogP contribution in [0.4, 0.5) is 0 Å². The number of carbonyl (C=O) groups excluding carboxylic acids is 2. The molecule has 33 heavy (non-hydrogen) atoms. The number of benzene rings is 1. The van der Waals surface area contributed by atoms with E-state index in [1.807, 2.05) is 42.4 Å². The van der Waals surface area contributed by atoms with Crippen LogP contribution in [0.5, 0.6) is 0 Å². The zero-order valence-electron chi connectivity index (χ0n) is 19.8. The Morgan fingerprint density at radius 1 is 1.21 bits per heavy atom. The maximum absolute atomic E-state index is 13.3. The smallest absolute Gasteiger partial charge is 0.338 e. The lowest BCUT2D eigenvalue weighted by Crippen LogP contribution is -2.39. The number of esters is 1. The minimum atomic E-state index is -0.376. The normalized spacial score (nSPS) is 21.4. The number of nitrogens with zero attached hydrogens (tertiary/aromatic N) is 4. The average Bonchev–Trinajstić information content (AvgIpc) is 3.07. The number of methoxy groups -OCH3 is 1. The van der Waals surface area contributed by atoms with Gasteiger partial charge in [0.2, 0.25) is 5.91 Å². The summed E-state index contributed by atoms with van der Waals surface area (Å²) in [6.45, 7) is 7.45. The average molecular weight is 469 g/mol. The van der Waals surface area contributed by atoms with Gasteiger partial charge in [-0.1, -0.05) is 48.5 Å². The van der Waals surface area contributed by atoms with Crippen molar-refractivity contribution in [1.82, 2.24) is 14.7 Å². The second-order valence-corrected chi connectivity index (χ2v) is 9.56. The summed E-state index contributed by atoms with van der Waals surface area (Å²) >= 11 is 1.52. The summed E-state index contributed by atoms with van der Waals surface area (Å²) in [6, 6.07) is 7.80. The first kappa shape index (κ1) is 23.6. The Morgan fingerprint density at radius 3 is 2.76 bits per heavy atom. The minimum Gasteiger partial charge on any atom is -0.466 e. The summed E-state index contributed by atoms with van der Waals surface area (Å²) in [6.07, 6.45) is 1.89. The van der Waals surface area contributed by atoms with Gasteiger partial charge >= 0.3 is 5.97 Å². The molecule has 1 atom stereocenters. The quantitative estimate of drug-likeness (QED) is 0.614. The molecular weight excluding hydrogens is 436 g/mol. The lowest BCUT2D eigenvalue weighted by atomic mass is 9.92. The molecule has 0 aliphatic carbocycles. The van der Waals surface area contributed by atoms with Gasteiger partial charge in [0, 0.05) is 25.3 Å². The number of amides is 1. The van der Waals surface area contributed by atoms with E-state index >= 15 is 0 Å². The lowest BCUT2D eigenvalue weighted by molar-refractivity contribution is -0.136. The second-order valence-electron chi connectivity index (χ2n) is 8.73. The van der Waals surface area contributed by atoms with Gasteiger partial charge in [-0.15, -0.1) is 0 Å². The van der Waals surface area contributed by atoms with E-state index in [2.05, 4.69) is 22.9 Å². The molecule has 0 radical (unpaired) electrons. The number of aryl methyl sites for hydroxylation is 1. The Hall–Kier alpha value is -2.58. The third-order valence-corrected chi connectivity index (χ3v) is 7.28. The van der Waals surface area contributed by atoms with Crippen molar-refractivity contribution in [2.45, 2.75) is 39.2 Å². The molecule has 1 saturated heterocycles. The van der Waals surface area contributed by atoms with Crippen LogP contribution in [0.3, 0.4) is 0 Å². The SMILES string of the molecule is CCC1=C(C(=O)OC)[C@H](c2cccc(C)c2)N2C(CC(=O)N3CCCN(C)CC3)=CSC2=N1. The number of thioether (sulfide) groups is 1. The van der Waals surface area contributed by atoms with Crippen LogP contribution in [-0.4, -0.2) is 72.1 Å². The number of hydrogen-bond donors (Lipinski definition) is 0. The highest BCUT2D eigenvalue weighted by molar-refractivity contribution is 8.16. The molecule has 3 aliphatic heterocycles. The Morgan fingerprint density at radius 2 is 2.03 bits per heavy atom. The van der Waals surface area contributed by atoms with Gasteiger partial charge in [-0.25, -0.2) is 9.79 Å². The number of hydrogen-bond acceptors (Lipinski definition) is 7. The summed E-state index contributed by atoms with van der Waals surface area (Å²) in [5, 5.41) is 2.82. The van der Waals surface area contributed by atoms with Crippen LogP contribution in [0.25, 0.3) is 0 Å². The Kier molecular flexibility index (Phi) is 7.24. The van der Waals surface area contributed by atoms with E-state index in [1.165, 1.54) is 18.9 Å². The Bertz CT molecular complexity index is 1030. The second kappa shape index (κ2) is 10.1. The van der Waals surface area contributed by atoms with Crippen molar-refractivity contribution in [3.05, 3.63) is 57.8 Å². The van der Waals surface area contributed by atoms with Gasteiger partial charge in [0.25, 0.3) is 0 Å². The van der Waals surface area contributed by atoms with Gasteiger partial charge in [-0.3, -0.25) is 4.79 Å². The molecular formula is C25H32N4O3S. The first-order chi connectivity index (χ1) is 15.9. The fourth-order valence-electron chi connectivity index (χ4n) is 4.63. The molecule has 0 spiro atoms. The van der Waals surface area contributed by atoms with Gasteiger partial charge < -0.3 is 19.4 Å². The minimum absolute atomic E-state index is 0.117. The van der Waals surface area contributed by atoms with Crippen molar-refractivity contribution in [3.8, 4) is 0 Å². The number of carbonyl (C=O) groups is 2. The van der Waals surface area contributed by atoms with E-state index in [1.54, 1.807) is 0 Å². The van der Waals surface area contributed by atoms with Crippen LogP contribution in [0.2, 0.25) is 0 Å². The Labute approximate surface area is 200 Å². The lowest BCUT2D eigenvalue weighted by Gasteiger charge is -2.37. The van der Waals surface area contributed by atoms with Crippen LogP contribution in [0, 0.1) is 6.92 Å². The zero-order chi connectivity index (χ0) is 23.5. The number of likely N-dealkylation sites (N-methyl/N-ethyl adjacent to an activating group) is 1. The summed E-state index contributed by atoms with van der Waals surface area (Å²) in [7, 11) is 3.50. The molecule has 0 saturated carbocycles. The molecule has 176 valence electrons. The number of fused-ring (bicyclic) bond motifs is 1.